The second kappa shape index (κ2) is 7.88. The first-order valence-electron chi connectivity index (χ1n) is 9.77. The van der Waals surface area contributed by atoms with Crippen LogP contribution in [-0.4, -0.2) is 63.5 Å². The van der Waals surface area contributed by atoms with Crippen molar-refractivity contribution in [1.82, 2.24) is 9.62 Å². The molecule has 154 valence electrons. The summed E-state index contributed by atoms with van der Waals surface area (Å²) in [6, 6.07) is 5.61. The summed E-state index contributed by atoms with van der Waals surface area (Å²) in [4.78, 5) is 12.7. The number of carbonyl (C=O) groups is 1. The summed E-state index contributed by atoms with van der Waals surface area (Å²) in [6.07, 6.45) is 1.24. The van der Waals surface area contributed by atoms with E-state index in [0.717, 1.165) is 5.56 Å². The molecular weight excluding hydrogens is 384 g/mol. The average molecular weight is 410 g/mol. The van der Waals surface area contributed by atoms with Crippen molar-refractivity contribution >= 4 is 16.0 Å². The Labute approximate surface area is 165 Å². The summed E-state index contributed by atoms with van der Waals surface area (Å²) in [7, 11) is -3.14. The Morgan fingerprint density at radius 2 is 2.14 bits per heavy atom. The van der Waals surface area contributed by atoms with Gasteiger partial charge in [0.1, 0.15) is 0 Å². The Morgan fingerprint density at radius 3 is 2.89 bits per heavy atom. The summed E-state index contributed by atoms with van der Waals surface area (Å²) in [5.74, 6) is 0.931. The maximum absolute atomic E-state index is 12.7. The van der Waals surface area contributed by atoms with Gasteiger partial charge in [-0.1, -0.05) is 6.07 Å². The predicted molar refractivity (Wildman–Crippen MR) is 102 cm³/mol. The van der Waals surface area contributed by atoms with E-state index in [0.29, 0.717) is 50.6 Å². The van der Waals surface area contributed by atoms with E-state index < -0.39 is 10.0 Å². The summed E-state index contributed by atoms with van der Waals surface area (Å²) in [5, 5.41) is 3.42. The van der Waals surface area contributed by atoms with Crippen LogP contribution < -0.4 is 14.8 Å². The quantitative estimate of drug-likeness (QED) is 0.701. The Bertz CT molecular complexity index is 843. The standard InChI is InChI=1S/C19H26N2O6S/c1-2-25-19(22)18-14(13-4-5-16-17(10-13)27-12-26-16)11-20-15(18)6-8-21-7-3-9-28(21,23)24/h4-5,10,14-15,18,20H,2-3,6-9,11-12H2,1H3/t14-,15+,18-/m1/s1. The molecule has 0 aromatic heterocycles. The van der Waals surface area contributed by atoms with E-state index in [4.69, 9.17) is 14.2 Å². The molecule has 0 spiro atoms. The van der Waals surface area contributed by atoms with Crippen LogP contribution in [0.2, 0.25) is 0 Å². The van der Waals surface area contributed by atoms with Crippen molar-refractivity contribution < 1.29 is 27.4 Å². The second-order valence-electron chi connectivity index (χ2n) is 7.37. The summed E-state index contributed by atoms with van der Waals surface area (Å²) in [5.41, 5.74) is 0.992. The van der Waals surface area contributed by atoms with E-state index in [-0.39, 0.29) is 36.4 Å². The molecule has 3 atom stereocenters. The minimum absolute atomic E-state index is 0.0614. The molecule has 4 rings (SSSR count). The van der Waals surface area contributed by atoms with E-state index in [9.17, 15) is 13.2 Å². The number of hydrogen-bond acceptors (Lipinski definition) is 7. The van der Waals surface area contributed by atoms with E-state index in [2.05, 4.69) is 5.32 Å². The fourth-order valence-electron chi connectivity index (χ4n) is 4.36. The van der Waals surface area contributed by atoms with Crippen LogP contribution in [0.4, 0.5) is 0 Å². The van der Waals surface area contributed by atoms with Crippen molar-refractivity contribution in [2.24, 2.45) is 5.92 Å². The Balaban J connectivity index is 1.51. The van der Waals surface area contributed by atoms with Crippen molar-refractivity contribution in [2.75, 3.05) is 38.8 Å². The van der Waals surface area contributed by atoms with Gasteiger partial charge in [0, 0.05) is 31.6 Å². The van der Waals surface area contributed by atoms with Crippen molar-refractivity contribution in [3.63, 3.8) is 0 Å². The van der Waals surface area contributed by atoms with Crippen LogP contribution in [0.1, 0.15) is 31.2 Å². The van der Waals surface area contributed by atoms with E-state index in [1.54, 1.807) is 6.92 Å². The molecule has 0 saturated carbocycles. The Hall–Kier alpha value is -1.84. The average Bonchev–Trinajstić information content (AvgIpc) is 3.37. The highest BCUT2D eigenvalue weighted by atomic mass is 32.2. The Morgan fingerprint density at radius 1 is 1.32 bits per heavy atom. The molecule has 0 unspecified atom stereocenters. The lowest BCUT2D eigenvalue weighted by Crippen LogP contribution is -2.38. The first-order valence-corrected chi connectivity index (χ1v) is 11.4. The van der Waals surface area contributed by atoms with Gasteiger partial charge >= 0.3 is 5.97 Å². The fraction of sp³-hybridized carbons (Fsp3) is 0.632. The fourth-order valence-corrected chi connectivity index (χ4v) is 5.90. The number of ether oxygens (including phenoxy) is 3. The third-order valence-electron chi connectivity index (χ3n) is 5.74. The molecule has 2 saturated heterocycles. The molecule has 0 aliphatic carbocycles. The number of rotatable bonds is 6. The molecule has 1 aromatic carbocycles. The van der Waals surface area contributed by atoms with Crippen LogP contribution in [0.3, 0.4) is 0 Å². The normalized spacial score (nSPS) is 28.5. The van der Waals surface area contributed by atoms with Crippen LogP contribution in [-0.2, 0) is 19.6 Å². The van der Waals surface area contributed by atoms with Crippen LogP contribution >= 0.6 is 0 Å². The van der Waals surface area contributed by atoms with Gasteiger partial charge in [0.2, 0.25) is 16.8 Å². The number of benzene rings is 1. The zero-order chi connectivity index (χ0) is 19.7. The molecular formula is C19H26N2O6S. The SMILES string of the molecule is CCOC(=O)[C@H]1[C@H](CCN2CCCS2(=O)=O)NC[C@@H]1c1ccc2c(c1)OCO2. The molecule has 8 nitrogen and oxygen atoms in total. The van der Waals surface area contributed by atoms with E-state index in [1.165, 1.54) is 4.31 Å². The summed E-state index contributed by atoms with van der Waals surface area (Å²) in [6.45, 7) is 3.92. The lowest BCUT2D eigenvalue weighted by atomic mass is 9.84. The molecule has 9 heteroatoms. The number of esters is 1. The first kappa shape index (κ1) is 19.5. The lowest BCUT2D eigenvalue weighted by molar-refractivity contribution is -0.148. The van der Waals surface area contributed by atoms with Crippen LogP contribution in [0.25, 0.3) is 0 Å². The number of nitrogens with zero attached hydrogens (tertiary/aromatic N) is 1. The van der Waals surface area contributed by atoms with Gasteiger partial charge < -0.3 is 19.5 Å². The minimum atomic E-state index is -3.14. The van der Waals surface area contributed by atoms with Gasteiger partial charge in [-0.2, -0.15) is 0 Å². The zero-order valence-electron chi connectivity index (χ0n) is 15.9. The van der Waals surface area contributed by atoms with Crippen molar-refractivity contribution in [1.29, 1.82) is 0 Å². The van der Waals surface area contributed by atoms with Crippen LogP contribution in [0, 0.1) is 5.92 Å². The molecule has 1 aromatic rings. The highest BCUT2D eigenvalue weighted by molar-refractivity contribution is 7.89. The molecule has 0 bridgehead atoms. The number of hydrogen-bond donors (Lipinski definition) is 1. The molecule has 0 amide bonds. The largest absolute Gasteiger partial charge is 0.466 e. The highest BCUT2D eigenvalue weighted by Gasteiger charge is 2.43. The molecule has 1 N–H and O–H groups in total. The molecule has 3 aliphatic rings. The van der Waals surface area contributed by atoms with Crippen molar-refractivity contribution in [2.45, 2.75) is 31.7 Å². The zero-order valence-corrected chi connectivity index (χ0v) is 16.7. The van der Waals surface area contributed by atoms with Crippen molar-refractivity contribution in [3.8, 4) is 11.5 Å². The molecule has 0 radical (unpaired) electrons. The molecule has 3 aliphatic heterocycles. The maximum Gasteiger partial charge on any atom is 0.311 e. The third kappa shape index (κ3) is 3.70. The van der Waals surface area contributed by atoms with Gasteiger partial charge in [-0.15, -0.1) is 0 Å². The number of nitrogens with one attached hydrogen (secondary N) is 1. The highest BCUT2D eigenvalue weighted by Crippen LogP contribution is 2.40. The van der Waals surface area contributed by atoms with Crippen LogP contribution in [0.15, 0.2) is 18.2 Å². The van der Waals surface area contributed by atoms with Gasteiger partial charge in [-0.3, -0.25) is 4.79 Å². The summed E-state index contributed by atoms with van der Waals surface area (Å²) >= 11 is 0. The minimum Gasteiger partial charge on any atom is -0.466 e. The summed E-state index contributed by atoms with van der Waals surface area (Å²) < 4.78 is 41.9. The smallest absolute Gasteiger partial charge is 0.311 e. The predicted octanol–water partition coefficient (Wildman–Crippen LogP) is 1.08. The van der Waals surface area contributed by atoms with Gasteiger partial charge in [0.05, 0.1) is 18.3 Å². The van der Waals surface area contributed by atoms with Gasteiger partial charge in [-0.05, 0) is 37.5 Å². The number of sulfonamides is 1. The maximum atomic E-state index is 12.7. The van der Waals surface area contributed by atoms with Gasteiger partial charge in [0.15, 0.2) is 11.5 Å². The Kier molecular flexibility index (Phi) is 5.48. The molecule has 28 heavy (non-hydrogen) atoms. The monoisotopic (exact) mass is 410 g/mol. The van der Waals surface area contributed by atoms with Gasteiger partial charge in [-0.25, -0.2) is 12.7 Å². The second-order valence-corrected chi connectivity index (χ2v) is 9.46. The lowest BCUT2D eigenvalue weighted by Gasteiger charge is -2.24. The molecule has 3 heterocycles. The van der Waals surface area contributed by atoms with E-state index in [1.807, 2.05) is 18.2 Å². The first-order chi connectivity index (χ1) is 13.5. The van der Waals surface area contributed by atoms with E-state index >= 15 is 0 Å². The third-order valence-corrected chi connectivity index (χ3v) is 7.70. The topological polar surface area (TPSA) is 94.2 Å². The van der Waals surface area contributed by atoms with Gasteiger partial charge in [0.25, 0.3) is 0 Å². The number of carbonyl (C=O) groups excluding carboxylic acids is 1. The van der Waals surface area contributed by atoms with Crippen molar-refractivity contribution in [3.05, 3.63) is 23.8 Å². The number of fused-ring (bicyclic) bond motifs is 1. The van der Waals surface area contributed by atoms with Crippen LogP contribution in [0.5, 0.6) is 11.5 Å². The molecule has 2 fully saturated rings.